The zero-order chi connectivity index (χ0) is 21.9. The van der Waals surface area contributed by atoms with Crippen molar-refractivity contribution in [2.75, 3.05) is 19.5 Å². The van der Waals surface area contributed by atoms with Gasteiger partial charge in [-0.05, 0) is 20.8 Å². The number of nitrogens with one attached hydrogen (secondary N) is 1. The number of aliphatic imine (C=N–C) groups is 1. The topological polar surface area (TPSA) is 123 Å². The number of thiazole rings is 2. The van der Waals surface area contributed by atoms with Crippen LogP contribution in [0.2, 0.25) is 0 Å². The lowest BCUT2D eigenvalue weighted by Gasteiger charge is -2.21. The molecule has 0 fully saturated rings. The van der Waals surface area contributed by atoms with Crippen LogP contribution in [0.3, 0.4) is 0 Å². The Morgan fingerprint density at radius 1 is 1.27 bits per heavy atom. The minimum atomic E-state index is -0.673. The second-order valence-corrected chi connectivity index (χ2v) is 10.0. The van der Waals surface area contributed by atoms with Gasteiger partial charge in [0.15, 0.2) is 6.04 Å². The van der Waals surface area contributed by atoms with Crippen molar-refractivity contribution in [2.45, 2.75) is 38.5 Å². The molecule has 0 spiro atoms. The quantitative estimate of drug-likeness (QED) is 0.618. The molecule has 2 aromatic rings. The van der Waals surface area contributed by atoms with E-state index in [1.807, 2.05) is 10.8 Å². The molecule has 9 nitrogen and oxygen atoms in total. The van der Waals surface area contributed by atoms with E-state index in [0.29, 0.717) is 32.2 Å². The smallest absolute Gasteiger partial charge is 0.408 e. The van der Waals surface area contributed by atoms with Crippen LogP contribution < -0.4 is 5.32 Å². The molecule has 0 saturated carbocycles. The standard InChI is InChI=1S/C18H22N4O5S3/c1-18(2,3)27-17(25)22-9(5-23)13-19-10(6-28-13)14-20-11(7-29-14)15-21-12(8-30-15)16(24)26-4/h6-7,9,12,23H,5,8H2,1-4H3,(H,22,25)/t9-,12-/m0/s1. The zero-order valence-electron chi connectivity index (χ0n) is 16.9. The van der Waals surface area contributed by atoms with E-state index in [1.165, 1.54) is 41.5 Å². The van der Waals surface area contributed by atoms with Gasteiger partial charge in [0.05, 0.1) is 13.7 Å². The van der Waals surface area contributed by atoms with Crippen LogP contribution >= 0.6 is 34.4 Å². The van der Waals surface area contributed by atoms with Gasteiger partial charge in [0.1, 0.15) is 38.1 Å². The molecule has 2 N–H and O–H groups in total. The average Bonchev–Trinajstić information content (AvgIpc) is 3.43. The lowest BCUT2D eigenvalue weighted by atomic mass is 10.2. The van der Waals surface area contributed by atoms with Crippen molar-refractivity contribution < 1.29 is 24.2 Å². The maximum atomic E-state index is 12.0. The number of nitrogens with zero attached hydrogens (tertiary/aromatic N) is 3. The number of ether oxygens (including phenoxy) is 2. The van der Waals surface area contributed by atoms with Crippen LogP contribution in [0.15, 0.2) is 15.8 Å². The number of alkyl carbamates (subject to hydrolysis) is 1. The molecule has 3 heterocycles. The highest BCUT2D eigenvalue weighted by atomic mass is 32.2. The molecule has 12 heteroatoms. The molecule has 0 unspecified atom stereocenters. The van der Waals surface area contributed by atoms with Crippen molar-refractivity contribution >= 4 is 51.5 Å². The molecular formula is C18H22N4O5S3. The summed E-state index contributed by atoms with van der Waals surface area (Å²) in [6.07, 6.45) is -0.619. The van der Waals surface area contributed by atoms with Gasteiger partial charge in [-0.15, -0.1) is 34.4 Å². The molecule has 0 aromatic carbocycles. The molecule has 0 saturated heterocycles. The molecule has 162 valence electrons. The summed E-state index contributed by atoms with van der Waals surface area (Å²) in [6, 6.07) is -1.18. The lowest BCUT2D eigenvalue weighted by Crippen LogP contribution is -2.36. The number of amides is 1. The van der Waals surface area contributed by atoms with Gasteiger partial charge >= 0.3 is 12.1 Å². The molecule has 30 heavy (non-hydrogen) atoms. The van der Waals surface area contributed by atoms with Crippen LogP contribution in [0.25, 0.3) is 10.7 Å². The monoisotopic (exact) mass is 470 g/mol. The highest BCUT2D eigenvalue weighted by Gasteiger charge is 2.28. The first-order chi connectivity index (χ1) is 14.2. The van der Waals surface area contributed by atoms with Crippen LogP contribution in [-0.2, 0) is 14.3 Å². The van der Waals surface area contributed by atoms with Gasteiger partial charge in [-0.1, -0.05) is 0 Å². The number of carbonyl (C=O) groups excluding carboxylic acids is 2. The third-order valence-corrected chi connectivity index (χ3v) is 6.65. The number of methoxy groups -OCH3 is 1. The molecule has 1 amide bonds. The number of hydrogen-bond donors (Lipinski definition) is 2. The number of hydrogen-bond acceptors (Lipinski definition) is 11. The zero-order valence-corrected chi connectivity index (χ0v) is 19.3. The number of esters is 1. The molecule has 0 aliphatic carbocycles. The van der Waals surface area contributed by atoms with Crippen molar-refractivity contribution in [3.05, 3.63) is 21.5 Å². The summed E-state index contributed by atoms with van der Waals surface area (Å²) in [4.78, 5) is 37.1. The number of aromatic nitrogens is 2. The fourth-order valence-electron chi connectivity index (χ4n) is 2.44. The van der Waals surface area contributed by atoms with Gasteiger partial charge in [-0.25, -0.2) is 19.6 Å². The summed E-state index contributed by atoms with van der Waals surface area (Å²) in [7, 11) is 1.35. The normalized spacial score (nSPS) is 17.4. The third kappa shape index (κ3) is 5.56. The fourth-order valence-corrected chi connectivity index (χ4v) is 5.18. The van der Waals surface area contributed by atoms with Crippen molar-refractivity contribution in [1.29, 1.82) is 0 Å². The van der Waals surface area contributed by atoms with Crippen LogP contribution in [0, 0.1) is 0 Å². The van der Waals surface area contributed by atoms with Crippen LogP contribution in [0.1, 0.15) is 37.5 Å². The first-order valence-electron chi connectivity index (χ1n) is 9.00. The SMILES string of the molecule is COC(=O)[C@@H]1CSC(c2csc(-c3csc([C@H](CO)NC(=O)OC(C)(C)C)n3)n2)=N1. The number of thioether (sulfide) groups is 1. The maximum absolute atomic E-state index is 12.0. The third-order valence-electron chi connectivity index (χ3n) is 3.76. The number of rotatable bonds is 6. The van der Waals surface area contributed by atoms with Crippen LogP contribution in [-0.4, -0.2) is 63.3 Å². The van der Waals surface area contributed by atoms with Crippen molar-refractivity contribution in [3.63, 3.8) is 0 Å². The lowest BCUT2D eigenvalue weighted by molar-refractivity contribution is -0.141. The summed E-state index contributed by atoms with van der Waals surface area (Å²) in [5.74, 6) is 0.175. The summed E-state index contributed by atoms with van der Waals surface area (Å²) >= 11 is 4.18. The van der Waals surface area contributed by atoms with Gasteiger partial charge in [0.25, 0.3) is 0 Å². The van der Waals surface area contributed by atoms with E-state index in [9.17, 15) is 14.7 Å². The van der Waals surface area contributed by atoms with E-state index < -0.39 is 23.8 Å². The van der Waals surface area contributed by atoms with Gasteiger partial charge < -0.3 is 19.9 Å². The predicted molar refractivity (Wildman–Crippen MR) is 117 cm³/mol. The van der Waals surface area contributed by atoms with Gasteiger partial charge in [0, 0.05) is 16.5 Å². The fraction of sp³-hybridized carbons (Fsp3) is 0.500. The first-order valence-corrected chi connectivity index (χ1v) is 11.7. The Morgan fingerprint density at radius 3 is 2.67 bits per heavy atom. The van der Waals surface area contributed by atoms with E-state index in [1.54, 1.807) is 20.8 Å². The maximum Gasteiger partial charge on any atom is 0.408 e. The Kier molecular flexibility index (Phi) is 7.11. The number of aliphatic hydroxyl groups excluding tert-OH is 1. The summed E-state index contributed by atoms with van der Waals surface area (Å²) < 4.78 is 9.97. The molecule has 0 radical (unpaired) electrons. The van der Waals surface area contributed by atoms with Crippen LogP contribution in [0.4, 0.5) is 4.79 Å². The van der Waals surface area contributed by atoms with Crippen molar-refractivity contribution in [3.8, 4) is 10.7 Å². The molecule has 1 aliphatic rings. The summed E-state index contributed by atoms with van der Waals surface area (Å²) in [6.45, 7) is 4.99. The highest BCUT2D eigenvalue weighted by molar-refractivity contribution is 8.14. The Morgan fingerprint density at radius 2 is 2.00 bits per heavy atom. The minimum absolute atomic E-state index is 0.308. The van der Waals surface area contributed by atoms with Crippen LogP contribution in [0.5, 0.6) is 0 Å². The van der Waals surface area contributed by atoms with Gasteiger partial charge in [0.2, 0.25) is 0 Å². The summed E-state index contributed by atoms with van der Waals surface area (Å²) in [5, 5.41) is 17.9. The van der Waals surface area contributed by atoms with E-state index in [0.717, 1.165) is 0 Å². The van der Waals surface area contributed by atoms with E-state index in [2.05, 4.69) is 20.3 Å². The molecule has 2 aromatic heterocycles. The van der Waals surface area contributed by atoms with Crippen molar-refractivity contribution in [1.82, 2.24) is 15.3 Å². The molecule has 3 rings (SSSR count). The van der Waals surface area contributed by atoms with E-state index >= 15 is 0 Å². The Bertz CT molecular complexity index is 950. The Balaban J connectivity index is 1.70. The molecular weight excluding hydrogens is 448 g/mol. The van der Waals surface area contributed by atoms with E-state index in [4.69, 9.17) is 9.47 Å². The Hall–Kier alpha value is -2.02. The van der Waals surface area contributed by atoms with Gasteiger partial charge in [-0.3, -0.25) is 4.99 Å². The second kappa shape index (κ2) is 9.41. The largest absolute Gasteiger partial charge is 0.467 e. The average molecular weight is 471 g/mol. The molecule has 1 aliphatic heterocycles. The van der Waals surface area contributed by atoms with Gasteiger partial charge in [-0.2, -0.15) is 0 Å². The number of carbonyl (C=O) groups is 2. The van der Waals surface area contributed by atoms with E-state index in [-0.39, 0.29) is 12.6 Å². The number of aliphatic hydroxyl groups is 1. The van der Waals surface area contributed by atoms with Crippen molar-refractivity contribution in [2.24, 2.45) is 4.99 Å². The summed E-state index contributed by atoms with van der Waals surface area (Å²) in [5.41, 5.74) is 0.693. The second-order valence-electron chi connectivity index (χ2n) is 7.27. The molecule has 2 atom stereocenters. The molecule has 0 bridgehead atoms. The first kappa shape index (κ1) is 22.7. The Labute approximate surface area is 185 Å². The minimum Gasteiger partial charge on any atom is -0.467 e. The highest BCUT2D eigenvalue weighted by Crippen LogP contribution is 2.31. The predicted octanol–water partition coefficient (Wildman–Crippen LogP) is 2.86.